The molecule has 0 saturated carbocycles. The maximum Gasteiger partial charge on any atom is 0.0991 e. The maximum atomic E-state index is 7.85. The highest BCUT2D eigenvalue weighted by molar-refractivity contribution is 5.25. The molecule has 0 rings (SSSR count). The molecule has 0 unspecified atom stereocenters. The molecule has 1 heteroatoms. The van der Waals surface area contributed by atoms with E-state index in [1.54, 1.807) is 6.07 Å². The Hall–Kier alpha value is -1.03. The second kappa shape index (κ2) is 2.22. The number of rotatable bonds is 1. The van der Waals surface area contributed by atoms with Crippen LogP contribution in [0.3, 0.4) is 0 Å². The summed E-state index contributed by atoms with van der Waals surface area (Å²) in [6.07, 6.45) is 1.31. The van der Waals surface area contributed by atoms with Gasteiger partial charge >= 0.3 is 0 Å². The number of hydrogen-bond acceptors (Lipinski definition) is 1. The molecule has 0 aromatic rings. The van der Waals surface area contributed by atoms with Crippen molar-refractivity contribution in [2.75, 3.05) is 0 Å². The predicted octanol–water partition coefficient (Wildman–Crippen LogP) is 1.06. The summed E-state index contributed by atoms with van der Waals surface area (Å²) in [5.74, 6) is 0. The summed E-state index contributed by atoms with van der Waals surface area (Å²) >= 11 is 0. The summed E-state index contributed by atoms with van der Waals surface area (Å²) in [5, 5.41) is 7.85. The molecule has 0 aromatic heterocycles. The Balaban J connectivity index is 3.63. The van der Waals surface area contributed by atoms with Gasteiger partial charge in [-0.25, -0.2) is 0 Å². The monoisotopic (exact) mass is 78.0 g/mol. The number of nitriles is 1. The second-order valence-electron chi connectivity index (χ2n) is 0.771. The summed E-state index contributed by atoms with van der Waals surface area (Å²) in [6, 6.07) is 1.69. The standard InChI is InChI=1S/C5H4N/c1-3-5(2)4-6/h2-3H,1H2. The van der Waals surface area contributed by atoms with E-state index in [0.29, 0.717) is 0 Å². The average molecular weight is 78.1 g/mol. The molecule has 0 heterocycles. The van der Waals surface area contributed by atoms with Crippen LogP contribution < -0.4 is 0 Å². The van der Waals surface area contributed by atoms with E-state index < -0.39 is 0 Å². The molecule has 0 fully saturated rings. The molecule has 0 spiro atoms. The van der Waals surface area contributed by atoms with Crippen LogP contribution in [0.4, 0.5) is 0 Å². The second-order valence-corrected chi connectivity index (χ2v) is 0.771. The van der Waals surface area contributed by atoms with Crippen molar-refractivity contribution in [3.05, 3.63) is 24.8 Å². The van der Waals surface area contributed by atoms with Gasteiger partial charge in [-0.3, -0.25) is 0 Å². The average Bonchev–Trinajstić information content (AvgIpc) is 1.65. The summed E-state index contributed by atoms with van der Waals surface area (Å²) in [4.78, 5) is 0. The van der Waals surface area contributed by atoms with Gasteiger partial charge in [0.2, 0.25) is 0 Å². The van der Waals surface area contributed by atoms with Gasteiger partial charge < -0.3 is 0 Å². The van der Waals surface area contributed by atoms with Gasteiger partial charge in [0.05, 0.1) is 11.6 Å². The van der Waals surface area contributed by atoms with Crippen molar-refractivity contribution in [2.45, 2.75) is 0 Å². The van der Waals surface area contributed by atoms with Crippen LogP contribution in [-0.2, 0) is 0 Å². The van der Waals surface area contributed by atoms with Gasteiger partial charge in [-0.1, -0.05) is 12.7 Å². The topological polar surface area (TPSA) is 23.8 Å². The molecule has 0 aliphatic carbocycles. The smallest absolute Gasteiger partial charge is 0.0991 e. The highest BCUT2D eigenvalue weighted by Crippen LogP contribution is 1.81. The zero-order chi connectivity index (χ0) is 4.99. The molecule has 0 atom stereocenters. The predicted molar refractivity (Wildman–Crippen MR) is 23.6 cm³/mol. The van der Waals surface area contributed by atoms with Crippen LogP contribution >= 0.6 is 0 Å². The lowest BCUT2D eigenvalue weighted by Gasteiger charge is -1.67. The zero-order valence-electron chi connectivity index (χ0n) is 3.31. The Kier molecular flexibility index (Phi) is 1.84. The number of nitrogens with zero attached hydrogens (tertiary/aromatic N) is 1. The van der Waals surface area contributed by atoms with Crippen molar-refractivity contribution in [1.82, 2.24) is 0 Å². The van der Waals surface area contributed by atoms with Crippen LogP contribution in [0.15, 0.2) is 18.2 Å². The van der Waals surface area contributed by atoms with Crippen LogP contribution in [0, 0.1) is 17.9 Å². The van der Waals surface area contributed by atoms with Crippen molar-refractivity contribution in [2.24, 2.45) is 0 Å². The third-order valence-corrected chi connectivity index (χ3v) is 0.349. The molecule has 0 saturated heterocycles. The summed E-state index contributed by atoms with van der Waals surface area (Å²) in [6.45, 7) is 8.16. The van der Waals surface area contributed by atoms with E-state index in [0.717, 1.165) is 0 Å². The molecular formula is C5H4N. The van der Waals surface area contributed by atoms with Crippen molar-refractivity contribution in [1.29, 1.82) is 5.26 Å². The van der Waals surface area contributed by atoms with E-state index in [-0.39, 0.29) is 5.57 Å². The van der Waals surface area contributed by atoms with E-state index in [9.17, 15) is 0 Å². The van der Waals surface area contributed by atoms with Gasteiger partial charge in [0, 0.05) is 0 Å². The Labute approximate surface area is 37.2 Å². The Morgan fingerprint density at radius 3 is 2.50 bits per heavy atom. The van der Waals surface area contributed by atoms with Gasteiger partial charge in [-0.05, 0) is 6.58 Å². The van der Waals surface area contributed by atoms with E-state index in [1.165, 1.54) is 6.08 Å². The minimum Gasteiger partial charge on any atom is -0.192 e. The fourth-order valence-electron chi connectivity index (χ4n) is 0.0456. The maximum absolute atomic E-state index is 7.85. The van der Waals surface area contributed by atoms with Crippen LogP contribution in [0.2, 0.25) is 0 Å². The number of allylic oxidation sites excluding steroid dienone is 2. The largest absolute Gasteiger partial charge is 0.192 e. The quantitative estimate of drug-likeness (QED) is 0.340. The van der Waals surface area contributed by atoms with Crippen molar-refractivity contribution in [3.63, 3.8) is 0 Å². The van der Waals surface area contributed by atoms with E-state index in [1.807, 2.05) is 0 Å². The van der Waals surface area contributed by atoms with Gasteiger partial charge in [0.1, 0.15) is 0 Å². The van der Waals surface area contributed by atoms with Gasteiger partial charge in [-0.15, -0.1) is 0 Å². The molecule has 1 radical (unpaired) electrons. The summed E-state index contributed by atoms with van der Waals surface area (Å²) in [7, 11) is 0. The van der Waals surface area contributed by atoms with Crippen LogP contribution in [0.1, 0.15) is 0 Å². The lowest BCUT2D eigenvalue weighted by atomic mass is 10.3. The Morgan fingerprint density at radius 2 is 2.50 bits per heavy atom. The summed E-state index contributed by atoms with van der Waals surface area (Å²) < 4.78 is 0. The zero-order valence-corrected chi connectivity index (χ0v) is 3.31. The summed E-state index contributed by atoms with van der Waals surface area (Å²) in [5.41, 5.74) is 0.162. The first-order chi connectivity index (χ1) is 2.81. The van der Waals surface area contributed by atoms with Gasteiger partial charge in [0.25, 0.3) is 0 Å². The Morgan fingerprint density at radius 1 is 2.00 bits per heavy atom. The molecule has 29 valence electrons. The van der Waals surface area contributed by atoms with Crippen molar-refractivity contribution < 1.29 is 0 Å². The first-order valence-corrected chi connectivity index (χ1v) is 1.46. The molecular weight excluding hydrogens is 74.1 g/mol. The highest BCUT2D eigenvalue weighted by atomic mass is 14.2. The molecule has 0 aliphatic heterocycles. The van der Waals surface area contributed by atoms with E-state index in [2.05, 4.69) is 6.58 Å². The third kappa shape index (κ3) is 1.31. The lowest BCUT2D eigenvalue weighted by Crippen LogP contribution is -1.57. The molecule has 0 N–H and O–H groups in total. The normalized spacial score (nSPS) is 5.83. The van der Waals surface area contributed by atoms with Crippen molar-refractivity contribution in [3.8, 4) is 6.07 Å². The number of hydrogen-bond donors (Lipinski definition) is 0. The fraction of sp³-hybridized carbons (Fsp3) is 0. The molecule has 0 aromatic carbocycles. The van der Waals surface area contributed by atoms with Gasteiger partial charge in [0.15, 0.2) is 0 Å². The first-order valence-electron chi connectivity index (χ1n) is 1.46. The van der Waals surface area contributed by atoms with Crippen molar-refractivity contribution >= 4 is 0 Å². The van der Waals surface area contributed by atoms with E-state index >= 15 is 0 Å². The third-order valence-electron chi connectivity index (χ3n) is 0.349. The fourth-order valence-corrected chi connectivity index (χ4v) is 0.0456. The Bertz CT molecular complexity index is 106. The first kappa shape index (κ1) is 4.97. The molecule has 0 aliphatic rings. The van der Waals surface area contributed by atoms with Crippen LogP contribution in [0.25, 0.3) is 0 Å². The molecule has 0 bridgehead atoms. The minimum atomic E-state index is 0.162. The molecule has 1 nitrogen and oxygen atoms in total. The van der Waals surface area contributed by atoms with Crippen LogP contribution in [-0.4, -0.2) is 0 Å². The minimum absolute atomic E-state index is 0.162. The van der Waals surface area contributed by atoms with Crippen LogP contribution in [0.5, 0.6) is 0 Å². The highest BCUT2D eigenvalue weighted by Gasteiger charge is 1.71. The lowest BCUT2D eigenvalue weighted by molar-refractivity contribution is 1.51. The van der Waals surface area contributed by atoms with Gasteiger partial charge in [-0.2, -0.15) is 5.26 Å². The molecule has 6 heavy (non-hydrogen) atoms. The molecule has 0 amide bonds. The van der Waals surface area contributed by atoms with E-state index in [4.69, 9.17) is 11.8 Å². The SMILES string of the molecule is [CH]=C(C#N)C=C.